The summed E-state index contributed by atoms with van der Waals surface area (Å²) in [4.78, 5) is 23.6. The zero-order valence-electron chi connectivity index (χ0n) is 8.77. The standard InChI is InChI=1S/C9H12N6O/c1-10-6-5-13-9(14-7(6)16)15-8-11-3-2-4-12-8/h2-4,6,10H,5H2,1H3,(H2,11,12,13,14,15,16). The molecule has 0 bridgehead atoms. The van der Waals surface area contributed by atoms with Gasteiger partial charge in [-0.25, -0.2) is 9.97 Å². The van der Waals surface area contributed by atoms with Crippen LogP contribution in [0.15, 0.2) is 23.5 Å². The maximum Gasteiger partial charge on any atom is 0.245 e. The number of hydrogen-bond donors (Lipinski definition) is 3. The molecule has 7 heteroatoms. The molecule has 1 aromatic rings. The molecule has 1 aliphatic heterocycles. The van der Waals surface area contributed by atoms with Crippen LogP contribution in [0.2, 0.25) is 0 Å². The number of rotatable bonds is 2. The number of guanidine groups is 1. The van der Waals surface area contributed by atoms with Gasteiger partial charge >= 0.3 is 0 Å². The van der Waals surface area contributed by atoms with Crippen molar-refractivity contribution in [1.82, 2.24) is 20.6 Å². The maximum absolute atomic E-state index is 11.5. The number of amides is 1. The van der Waals surface area contributed by atoms with Crippen LogP contribution in [0.5, 0.6) is 0 Å². The summed E-state index contributed by atoms with van der Waals surface area (Å²) in [6.07, 6.45) is 3.22. The van der Waals surface area contributed by atoms with Crippen molar-refractivity contribution in [1.29, 1.82) is 0 Å². The lowest BCUT2D eigenvalue weighted by Crippen LogP contribution is -2.52. The molecular weight excluding hydrogens is 208 g/mol. The highest BCUT2D eigenvalue weighted by Gasteiger charge is 2.22. The molecule has 1 aliphatic rings. The number of carbonyl (C=O) groups is 1. The Kier molecular flexibility index (Phi) is 3.06. The molecule has 16 heavy (non-hydrogen) atoms. The smallest absolute Gasteiger partial charge is 0.245 e. The van der Waals surface area contributed by atoms with Crippen LogP contribution in [0.4, 0.5) is 5.95 Å². The quantitative estimate of drug-likeness (QED) is 0.592. The first-order chi connectivity index (χ1) is 7.79. The van der Waals surface area contributed by atoms with Crippen LogP contribution in [0, 0.1) is 0 Å². The molecule has 2 heterocycles. The fraction of sp³-hybridized carbons (Fsp3) is 0.333. The van der Waals surface area contributed by atoms with Gasteiger partial charge in [0.25, 0.3) is 0 Å². The molecule has 0 fully saturated rings. The van der Waals surface area contributed by atoms with Gasteiger partial charge < -0.3 is 5.32 Å². The van der Waals surface area contributed by atoms with E-state index in [1.165, 1.54) is 0 Å². The SMILES string of the molecule is CNC1CN=C(Nc2ncccn2)NC1=O. The second kappa shape index (κ2) is 4.67. The van der Waals surface area contributed by atoms with E-state index in [-0.39, 0.29) is 11.9 Å². The second-order valence-corrected chi connectivity index (χ2v) is 3.22. The summed E-state index contributed by atoms with van der Waals surface area (Å²) in [6.45, 7) is 0.400. The van der Waals surface area contributed by atoms with Crippen LogP contribution < -0.4 is 16.0 Å². The molecule has 0 saturated carbocycles. The van der Waals surface area contributed by atoms with E-state index in [1.807, 2.05) is 0 Å². The van der Waals surface area contributed by atoms with Gasteiger partial charge in [0, 0.05) is 12.4 Å². The van der Waals surface area contributed by atoms with Gasteiger partial charge in [-0.3, -0.25) is 20.4 Å². The molecule has 2 rings (SSSR count). The van der Waals surface area contributed by atoms with Gasteiger partial charge in [0.15, 0.2) is 0 Å². The lowest BCUT2D eigenvalue weighted by Gasteiger charge is -2.20. The number of carbonyl (C=O) groups excluding carboxylic acids is 1. The minimum atomic E-state index is -0.276. The van der Waals surface area contributed by atoms with Crippen molar-refractivity contribution in [3.05, 3.63) is 18.5 Å². The van der Waals surface area contributed by atoms with Gasteiger partial charge in [-0.2, -0.15) is 0 Å². The summed E-state index contributed by atoms with van der Waals surface area (Å²) in [5, 5.41) is 8.31. The van der Waals surface area contributed by atoms with Gasteiger partial charge in [0.05, 0.1) is 6.54 Å². The van der Waals surface area contributed by atoms with Crippen molar-refractivity contribution in [2.45, 2.75) is 6.04 Å². The van der Waals surface area contributed by atoms with Crippen molar-refractivity contribution < 1.29 is 4.79 Å². The fourth-order valence-corrected chi connectivity index (χ4v) is 1.27. The fourth-order valence-electron chi connectivity index (χ4n) is 1.27. The number of aliphatic imine (C=N–C) groups is 1. The lowest BCUT2D eigenvalue weighted by atomic mass is 10.2. The van der Waals surface area contributed by atoms with E-state index in [1.54, 1.807) is 25.5 Å². The number of hydrogen-bond acceptors (Lipinski definition) is 6. The summed E-state index contributed by atoms with van der Waals surface area (Å²) >= 11 is 0. The predicted molar refractivity (Wildman–Crippen MR) is 58.9 cm³/mol. The van der Waals surface area contributed by atoms with Crippen LogP contribution in [0.1, 0.15) is 0 Å². The number of anilines is 1. The predicted octanol–water partition coefficient (Wildman–Crippen LogP) is -1.04. The Morgan fingerprint density at radius 2 is 2.19 bits per heavy atom. The highest BCUT2D eigenvalue weighted by atomic mass is 16.2. The first-order valence-corrected chi connectivity index (χ1v) is 4.86. The number of likely N-dealkylation sites (N-methyl/N-ethyl adjacent to an activating group) is 1. The third-order valence-corrected chi connectivity index (χ3v) is 2.13. The Hall–Kier alpha value is -2.02. The number of nitrogens with one attached hydrogen (secondary N) is 3. The molecular formula is C9H12N6O. The summed E-state index contributed by atoms with van der Waals surface area (Å²) in [7, 11) is 1.72. The summed E-state index contributed by atoms with van der Waals surface area (Å²) in [5.74, 6) is 0.670. The number of aromatic nitrogens is 2. The molecule has 0 aromatic carbocycles. The topological polar surface area (TPSA) is 91.3 Å². The van der Waals surface area contributed by atoms with Crippen molar-refractivity contribution in [2.24, 2.45) is 4.99 Å². The van der Waals surface area contributed by atoms with Gasteiger partial charge in [0.1, 0.15) is 6.04 Å². The van der Waals surface area contributed by atoms with Crippen LogP contribution in [0.3, 0.4) is 0 Å². The van der Waals surface area contributed by atoms with Crippen molar-refractivity contribution in [3.63, 3.8) is 0 Å². The molecule has 3 N–H and O–H groups in total. The Bertz CT molecular complexity index is 404. The van der Waals surface area contributed by atoms with E-state index in [0.29, 0.717) is 18.5 Å². The van der Waals surface area contributed by atoms with E-state index < -0.39 is 0 Å². The molecule has 0 aliphatic carbocycles. The molecule has 0 saturated heterocycles. The Morgan fingerprint density at radius 1 is 1.44 bits per heavy atom. The van der Waals surface area contributed by atoms with Crippen molar-refractivity contribution in [2.75, 3.05) is 18.9 Å². The van der Waals surface area contributed by atoms with Crippen molar-refractivity contribution in [3.8, 4) is 0 Å². The van der Waals surface area contributed by atoms with E-state index >= 15 is 0 Å². The molecule has 7 nitrogen and oxygen atoms in total. The Morgan fingerprint density at radius 3 is 2.81 bits per heavy atom. The zero-order valence-corrected chi connectivity index (χ0v) is 8.77. The van der Waals surface area contributed by atoms with Gasteiger partial charge in [0.2, 0.25) is 17.8 Å². The normalized spacial score (nSPS) is 19.9. The molecule has 84 valence electrons. The molecule has 1 atom stereocenters. The molecule has 1 amide bonds. The Labute approximate surface area is 92.4 Å². The van der Waals surface area contributed by atoms with Crippen LogP contribution >= 0.6 is 0 Å². The van der Waals surface area contributed by atoms with Crippen LogP contribution in [-0.2, 0) is 4.79 Å². The van der Waals surface area contributed by atoms with Gasteiger partial charge in [-0.1, -0.05) is 0 Å². The maximum atomic E-state index is 11.5. The third-order valence-electron chi connectivity index (χ3n) is 2.13. The largest absolute Gasteiger partial charge is 0.307 e. The van der Waals surface area contributed by atoms with Crippen molar-refractivity contribution >= 4 is 17.8 Å². The Balaban J connectivity index is 2.02. The van der Waals surface area contributed by atoms with E-state index in [9.17, 15) is 4.79 Å². The van der Waals surface area contributed by atoms with E-state index in [0.717, 1.165) is 0 Å². The third kappa shape index (κ3) is 2.31. The molecule has 0 radical (unpaired) electrons. The lowest BCUT2D eigenvalue weighted by molar-refractivity contribution is -0.121. The molecule has 0 spiro atoms. The minimum Gasteiger partial charge on any atom is -0.307 e. The monoisotopic (exact) mass is 220 g/mol. The average molecular weight is 220 g/mol. The molecule has 1 aromatic heterocycles. The summed E-state index contributed by atoms with van der Waals surface area (Å²) < 4.78 is 0. The van der Waals surface area contributed by atoms with Crippen LogP contribution in [0.25, 0.3) is 0 Å². The highest BCUT2D eigenvalue weighted by Crippen LogP contribution is 1.98. The minimum absolute atomic E-state index is 0.115. The first kappa shape index (κ1) is 10.5. The average Bonchev–Trinajstić information content (AvgIpc) is 2.31. The van der Waals surface area contributed by atoms with Gasteiger partial charge in [-0.15, -0.1) is 0 Å². The first-order valence-electron chi connectivity index (χ1n) is 4.86. The number of nitrogens with zero attached hydrogens (tertiary/aromatic N) is 3. The van der Waals surface area contributed by atoms with Crippen LogP contribution in [-0.4, -0.2) is 41.5 Å². The molecule has 1 unspecified atom stereocenters. The summed E-state index contributed by atoms with van der Waals surface area (Å²) in [6, 6.07) is 1.44. The van der Waals surface area contributed by atoms with E-state index in [4.69, 9.17) is 0 Å². The zero-order chi connectivity index (χ0) is 11.4. The highest BCUT2D eigenvalue weighted by molar-refractivity contribution is 6.06. The van der Waals surface area contributed by atoms with Gasteiger partial charge in [-0.05, 0) is 13.1 Å². The summed E-state index contributed by atoms with van der Waals surface area (Å²) in [5.41, 5.74) is 0. The second-order valence-electron chi connectivity index (χ2n) is 3.22. The van der Waals surface area contributed by atoms with E-state index in [2.05, 4.69) is 30.9 Å².